The molecule has 0 aliphatic carbocycles. The molecule has 132 valence electrons. The Bertz CT molecular complexity index is 497. The third-order valence-corrected chi connectivity index (χ3v) is 4.25. The number of nitrogens with one attached hydrogen (secondary N) is 2. The van der Waals surface area contributed by atoms with Crippen molar-refractivity contribution < 1.29 is 18.4 Å². The highest BCUT2D eigenvalue weighted by Crippen LogP contribution is 2.17. The van der Waals surface area contributed by atoms with E-state index in [0.29, 0.717) is 11.3 Å². The summed E-state index contributed by atoms with van der Waals surface area (Å²) in [5.74, 6) is -1.56. The number of rotatable bonds is 0. The zero-order chi connectivity index (χ0) is 19.7. The molecule has 0 aromatic carbocycles. The maximum absolute atomic E-state index is 12.1. The van der Waals surface area contributed by atoms with E-state index in [2.05, 4.69) is 5.32 Å². The van der Waals surface area contributed by atoms with Gasteiger partial charge in [-0.2, -0.15) is 0 Å². The Morgan fingerprint density at radius 2 is 1.83 bits per heavy atom. The van der Waals surface area contributed by atoms with Crippen molar-refractivity contribution in [1.29, 1.82) is 5.41 Å². The largest absolute Gasteiger partial charge is 0.461 e. The summed E-state index contributed by atoms with van der Waals surface area (Å²) in [7, 11) is 0. The van der Waals surface area contributed by atoms with E-state index < -0.39 is 31.4 Å². The molecule has 1 saturated heterocycles. The lowest BCUT2D eigenvalue weighted by Crippen LogP contribution is -2.44. The molecule has 1 rings (SSSR count). The van der Waals surface area contributed by atoms with Crippen LogP contribution in [0.25, 0.3) is 0 Å². The molecule has 0 aromatic rings. The van der Waals surface area contributed by atoms with Crippen LogP contribution in [0.2, 0.25) is 0 Å². The maximum atomic E-state index is 12.1. The zero-order valence-electron chi connectivity index (χ0n) is 17.2. The summed E-state index contributed by atoms with van der Waals surface area (Å²) < 4.78 is 27.9. The first-order chi connectivity index (χ1) is 12.1. The van der Waals surface area contributed by atoms with E-state index in [1.54, 1.807) is 6.92 Å². The van der Waals surface area contributed by atoms with Crippen LogP contribution in [0.5, 0.6) is 0 Å². The minimum absolute atomic E-state index is 0.176. The van der Waals surface area contributed by atoms with Crippen LogP contribution in [-0.2, 0) is 14.3 Å². The first kappa shape index (κ1) is 15.0. The van der Waals surface area contributed by atoms with Gasteiger partial charge in [0.1, 0.15) is 12.6 Å². The molecule has 0 saturated carbocycles. The van der Waals surface area contributed by atoms with Gasteiger partial charge in [0.05, 0.1) is 0 Å². The van der Waals surface area contributed by atoms with E-state index >= 15 is 0 Å². The van der Waals surface area contributed by atoms with Crippen molar-refractivity contribution >= 4 is 17.8 Å². The highest BCUT2D eigenvalue weighted by Gasteiger charge is 2.19. The van der Waals surface area contributed by atoms with Gasteiger partial charge in [-0.05, 0) is 25.7 Å². The number of carbonyl (C=O) groups is 2. The van der Waals surface area contributed by atoms with Crippen molar-refractivity contribution in [2.24, 2.45) is 5.92 Å². The van der Waals surface area contributed by atoms with E-state index in [0.717, 1.165) is 38.5 Å². The average Bonchev–Trinajstić information content (AvgIpc) is 2.52. The average molecular weight is 328 g/mol. The van der Waals surface area contributed by atoms with E-state index in [1.807, 2.05) is 6.92 Å². The smallest absolute Gasteiger partial charge is 0.325 e. The molecule has 1 aliphatic rings. The molecule has 0 spiro atoms. The Morgan fingerprint density at radius 3 is 2.52 bits per heavy atom. The van der Waals surface area contributed by atoms with Crippen LogP contribution in [0.4, 0.5) is 0 Å². The molecule has 2 N–H and O–H groups in total. The topological polar surface area (TPSA) is 82.5 Å². The predicted molar refractivity (Wildman–Crippen MR) is 90.2 cm³/mol. The normalized spacial score (nSPS) is 29.6. The molecular formula is C17H31N3O3. The van der Waals surface area contributed by atoms with Gasteiger partial charge in [0.2, 0.25) is 5.91 Å². The summed E-state index contributed by atoms with van der Waals surface area (Å²) in [4.78, 5) is 24.6. The molecule has 1 aliphatic heterocycles. The number of esters is 1. The summed E-state index contributed by atoms with van der Waals surface area (Å²) in [6.07, 6.45) is 6.77. The van der Waals surface area contributed by atoms with Crippen molar-refractivity contribution in [3.05, 3.63) is 0 Å². The third kappa shape index (κ3) is 8.00. The zero-order valence-corrected chi connectivity index (χ0v) is 14.2. The molecule has 23 heavy (non-hydrogen) atoms. The van der Waals surface area contributed by atoms with Crippen LogP contribution in [-0.4, -0.2) is 42.4 Å². The number of likely N-dealkylation sites (N-methyl/N-ethyl adjacent to an activating group) is 1. The van der Waals surface area contributed by atoms with Crippen LogP contribution < -0.4 is 5.32 Å². The van der Waals surface area contributed by atoms with Crippen molar-refractivity contribution in [2.45, 2.75) is 71.3 Å². The second-order valence-corrected chi connectivity index (χ2v) is 6.32. The molecule has 0 bridgehead atoms. The van der Waals surface area contributed by atoms with Crippen LogP contribution in [0.15, 0.2) is 0 Å². The van der Waals surface area contributed by atoms with Crippen LogP contribution in [0, 0.1) is 11.3 Å². The number of ether oxygens (including phenoxy) is 1. The summed E-state index contributed by atoms with van der Waals surface area (Å²) in [5.41, 5.74) is 0. The summed E-state index contributed by atoms with van der Waals surface area (Å²) in [6, 6.07) is 0. The number of cyclic esters (lactones) is 1. The molecule has 1 heterocycles. The van der Waals surface area contributed by atoms with Crippen LogP contribution in [0.1, 0.15) is 69.3 Å². The first-order valence-corrected chi connectivity index (χ1v) is 8.46. The number of carbonyl (C=O) groups excluding carboxylic acids is 2. The number of nitrogens with zero attached hydrogens (tertiary/aromatic N) is 1. The lowest BCUT2D eigenvalue weighted by atomic mass is 9.97. The van der Waals surface area contributed by atoms with Gasteiger partial charge in [0.25, 0.3) is 0 Å². The number of hydrogen-bond acceptors (Lipinski definition) is 4. The number of hydrogen-bond donors (Lipinski definition) is 2. The Hall–Kier alpha value is -1.59. The molecule has 6 heteroatoms. The van der Waals surface area contributed by atoms with Gasteiger partial charge >= 0.3 is 5.97 Å². The Morgan fingerprint density at radius 1 is 1.17 bits per heavy atom. The first-order valence-electron chi connectivity index (χ1n) is 9.96. The maximum Gasteiger partial charge on any atom is 0.325 e. The summed E-state index contributed by atoms with van der Waals surface area (Å²) in [6.45, 7) is 0.479. The summed E-state index contributed by atoms with van der Waals surface area (Å²) >= 11 is 0. The fraction of sp³-hybridized carbons (Fsp3) is 0.824. The molecule has 0 unspecified atom stereocenters. The fourth-order valence-corrected chi connectivity index (χ4v) is 2.52. The Balaban J connectivity index is 2.84. The van der Waals surface area contributed by atoms with E-state index in [4.69, 9.17) is 14.3 Å². The highest BCUT2D eigenvalue weighted by molar-refractivity contribution is 5.96. The molecule has 1 fully saturated rings. The van der Waals surface area contributed by atoms with Crippen molar-refractivity contribution in [1.82, 2.24) is 10.2 Å². The molecular weight excluding hydrogens is 294 g/mol. The Kier molecular flexibility index (Phi) is 6.66. The van der Waals surface area contributed by atoms with Crippen molar-refractivity contribution in [3.63, 3.8) is 0 Å². The minimum Gasteiger partial charge on any atom is -0.461 e. The predicted octanol–water partition coefficient (Wildman–Crippen LogP) is 2.67. The van der Waals surface area contributed by atoms with Gasteiger partial charge in [-0.1, -0.05) is 39.0 Å². The molecule has 1 amide bonds. The van der Waals surface area contributed by atoms with Gasteiger partial charge in [-0.3, -0.25) is 20.3 Å². The minimum atomic E-state index is -2.72. The van der Waals surface area contributed by atoms with E-state index in [9.17, 15) is 9.59 Å². The van der Waals surface area contributed by atoms with E-state index in [1.165, 1.54) is 0 Å². The third-order valence-electron chi connectivity index (χ3n) is 4.25. The van der Waals surface area contributed by atoms with Gasteiger partial charge in [0.15, 0.2) is 5.96 Å². The molecule has 0 aromatic heterocycles. The number of guanidine groups is 1. The van der Waals surface area contributed by atoms with Crippen molar-refractivity contribution in [3.8, 4) is 0 Å². The monoisotopic (exact) mass is 328 g/mol. The van der Waals surface area contributed by atoms with Gasteiger partial charge in [0, 0.05) is 17.5 Å². The highest BCUT2D eigenvalue weighted by atomic mass is 16.5. The quantitative estimate of drug-likeness (QED) is 0.670. The Labute approximate surface area is 143 Å². The van der Waals surface area contributed by atoms with Gasteiger partial charge < -0.3 is 9.64 Å². The van der Waals surface area contributed by atoms with Crippen LogP contribution in [0.3, 0.4) is 0 Å². The summed E-state index contributed by atoms with van der Waals surface area (Å²) in [5, 5.41) is 10.2. The standard InChI is InChI=1S/C17H31N3O3/c1-13-10-8-6-4-5-7-9-11-15(21)19-17(18)20(3)12-16(22)23-14(13)2/h13-14H,4-12H2,1-3H3,(H2,18,19,21)/t13-,14-/m1/s1/i3D3. The molecule has 6 nitrogen and oxygen atoms in total. The number of amides is 1. The second-order valence-electron chi connectivity index (χ2n) is 6.32. The lowest BCUT2D eigenvalue weighted by molar-refractivity contribution is -0.150. The SMILES string of the molecule is [2H]C([2H])([2H])N1CC(=O)O[C@H](C)[C@H](C)CCCCCCCCC(=O)NC1=N. The van der Waals surface area contributed by atoms with Gasteiger partial charge in [-0.25, -0.2) is 0 Å². The lowest BCUT2D eigenvalue weighted by Gasteiger charge is -2.23. The van der Waals surface area contributed by atoms with Gasteiger partial charge in [-0.15, -0.1) is 0 Å². The van der Waals surface area contributed by atoms with Crippen LogP contribution >= 0.6 is 0 Å². The second kappa shape index (κ2) is 10.2. The molecule has 0 radical (unpaired) electrons. The fourth-order valence-electron chi connectivity index (χ4n) is 2.52. The van der Waals surface area contributed by atoms with Crippen molar-refractivity contribution in [2.75, 3.05) is 13.5 Å². The van der Waals surface area contributed by atoms with E-state index in [-0.39, 0.29) is 18.4 Å². The molecule has 2 atom stereocenters.